The Morgan fingerprint density at radius 1 is 0.867 bits per heavy atom. The second-order valence-corrected chi connectivity index (χ2v) is 6.80. The number of carbonyl (C=O) groups is 2. The molecule has 2 amide bonds. The predicted octanol–water partition coefficient (Wildman–Crippen LogP) is 1.75. The molecule has 8 nitrogen and oxygen atoms in total. The highest BCUT2D eigenvalue weighted by molar-refractivity contribution is 5.64. The van der Waals surface area contributed by atoms with Crippen molar-refractivity contribution < 1.29 is 23.5 Å². The largest absolute Gasteiger partial charge is 0.448 e. The highest BCUT2D eigenvalue weighted by atomic mass is 19.1. The molecule has 0 aliphatic rings. The summed E-state index contributed by atoms with van der Waals surface area (Å²) in [5.41, 5.74) is 24.1. The third-order valence-corrected chi connectivity index (χ3v) is 3.88. The van der Waals surface area contributed by atoms with Gasteiger partial charge in [-0.15, -0.1) is 0 Å². The van der Waals surface area contributed by atoms with Crippen LogP contribution in [0.25, 0.3) is 0 Å². The first kappa shape index (κ1) is 24.9. The van der Waals surface area contributed by atoms with Crippen molar-refractivity contribution in [2.24, 2.45) is 22.9 Å². The highest BCUT2D eigenvalue weighted by Crippen LogP contribution is 2.06. The van der Waals surface area contributed by atoms with Crippen LogP contribution in [0, 0.1) is 12.7 Å². The maximum Gasteiger partial charge on any atom is 0.404 e. The Bertz CT molecular complexity index is 802. The first-order chi connectivity index (χ1) is 14.2. The second kappa shape index (κ2) is 13.1. The minimum absolute atomic E-state index is 0.0336. The number of rotatable bonds is 8. The van der Waals surface area contributed by atoms with Crippen LogP contribution in [0.2, 0.25) is 0 Å². The van der Waals surface area contributed by atoms with Crippen LogP contribution in [0.5, 0.6) is 0 Å². The minimum Gasteiger partial charge on any atom is -0.448 e. The molecule has 0 bridgehead atoms. The number of hydrogen-bond acceptors (Lipinski definition) is 6. The number of carbonyl (C=O) groups excluding carboxylic acids is 2. The maximum absolute atomic E-state index is 12.8. The van der Waals surface area contributed by atoms with E-state index in [4.69, 9.17) is 22.9 Å². The van der Waals surface area contributed by atoms with E-state index in [1.807, 2.05) is 31.2 Å². The van der Waals surface area contributed by atoms with Gasteiger partial charge in [0.2, 0.25) is 0 Å². The van der Waals surface area contributed by atoms with E-state index in [1.165, 1.54) is 17.7 Å². The monoisotopic (exact) mass is 420 g/mol. The van der Waals surface area contributed by atoms with E-state index in [9.17, 15) is 14.0 Å². The Morgan fingerprint density at radius 3 is 1.83 bits per heavy atom. The summed E-state index contributed by atoms with van der Waals surface area (Å²) in [5, 5.41) is 0. The smallest absolute Gasteiger partial charge is 0.404 e. The van der Waals surface area contributed by atoms with Crippen LogP contribution in [0.1, 0.15) is 16.7 Å². The molecule has 0 spiro atoms. The van der Waals surface area contributed by atoms with Crippen molar-refractivity contribution in [1.29, 1.82) is 0 Å². The van der Waals surface area contributed by atoms with Crippen LogP contribution >= 0.6 is 0 Å². The number of primary amides is 2. The Morgan fingerprint density at radius 2 is 1.37 bits per heavy atom. The van der Waals surface area contributed by atoms with Gasteiger partial charge >= 0.3 is 12.2 Å². The fourth-order valence-electron chi connectivity index (χ4n) is 2.49. The van der Waals surface area contributed by atoms with Crippen molar-refractivity contribution in [3.8, 4) is 0 Å². The van der Waals surface area contributed by atoms with Gasteiger partial charge in [-0.05, 0) is 43.0 Å². The summed E-state index contributed by atoms with van der Waals surface area (Å²) in [7, 11) is 0. The number of nitrogens with two attached hydrogens (primary N) is 4. The fraction of sp³-hybridized carbons (Fsp3) is 0.333. The third kappa shape index (κ3) is 11.6. The molecule has 0 aromatic heterocycles. The van der Waals surface area contributed by atoms with Crippen LogP contribution in [0.15, 0.2) is 48.5 Å². The molecule has 2 aromatic rings. The van der Waals surface area contributed by atoms with Gasteiger partial charge < -0.3 is 32.4 Å². The molecule has 9 heteroatoms. The van der Waals surface area contributed by atoms with Crippen molar-refractivity contribution in [3.63, 3.8) is 0 Å². The van der Waals surface area contributed by atoms with Crippen molar-refractivity contribution in [1.82, 2.24) is 0 Å². The molecule has 0 saturated heterocycles. The van der Waals surface area contributed by atoms with E-state index in [0.717, 1.165) is 11.1 Å². The molecule has 2 aromatic carbocycles. The summed E-state index contributed by atoms with van der Waals surface area (Å²) in [6.07, 6.45) is -0.530. The van der Waals surface area contributed by atoms with Gasteiger partial charge in [-0.2, -0.15) is 0 Å². The maximum atomic E-state index is 12.8. The lowest BCUT2D eigenvalue weighted by molar-refractivity contribution is 0.148. The summed E-state index contributed by atoms with van der Waals surface area (Å²) in [5.74, 6) is -0.310. The Kier molecular flexibility index (Phi) is 10.9. The van der Waals surface area contributed by atoms with Crippen molar-refractivity contribution in [3.05, 3.63) is 71.0 Å². The van der Waals surface area contributed by atoms with E-state index >= 15 is 0 Å². The van der Waals surface area contributed by atoms with Crippen LogP contribution in [-0.2, 0) is 22.3 Å². The van der Waals surface area contributed by atoms with Gasteiger partial charge in [0.05, 0.1) is 0 Å². The van der Waals surface area contributed by atoms with Crippen LogP contribution in [-0.4, -0.2) is 37.5 Å². The fourth-order valence-corrected chi connectivity index (χ4v) is 2.49. The van der Waals surface area contributed by atoms with Crippen LogP contribution in [0.4, 0.5) is 14.0 Å². The first-order valence-electron chi connectivity index (χ1n) is 9.31. The molecular formula is C21H29FN4O4. The normalized spacial score (nSPS) is 12.1. The molecule has 8 N–H and O–H groups in total. The zero-order valence-corrected chi connectivity index (χ0v) is 16.9. The summed E-state index contributed by atoms with van der Waals surface area (Å²) in [4.78, 5) is 20.6. The van der Waals surface area contributed by atoms with Gasteiger partial charge in [-0.25, -0.2) is 14.0 Å². The van der Waals surface area contributed by atoms with E-state index in [2.05, 4.69) is 9.47 Å². The second-order valence-electron chi connectivity index (χ2n) is 6.80. The lowest BCUT2D eigenvalue weighted by Crippen LogP contribution is -2.31. The summed E-state index contributed by atoms with van der Waals surface area (Å²) < 4.78 is 21.9. The zero-order chi connectivity index (χ0) is 22.5. The Balaban J connectivity index is 0.000000300. The van der Waals surface area contributed by atoms with Gasteiger partial charge in [-0.1, -0.05) is 42.0 Å². The predicted molar refractivity (Wildman–Crippen MR) is 112 cm³/mol. The molecular weight excluding hydrogens is 391 g/mol. The molecule has 0 saturated carbocycles. The number of hydrogen-bond donors (Lipinski definition) is 4. The summed E-state index contributed by atoms with van der Waals surface area (Å²) >= 11 is 0. The van der Waals surface area contributed by atoms with Crippen molar-refractivity contribution in [2.45, 2.75) is 31.8 Å². The molecule has 164 valence electrons. The lowest BCUT2D eigenvalue weighted by Gasteiger charge is -2.11. The van der Waals surface area contributed by atoms with Crippen LogP contribution in [0.3, 0.4) is 0 Å². The van der Waals surface area contributed by atoms with Gasteiger partial charge in [-0.3, -0.25) is 0 Å². The van der Waals surface area contributed by atoms with E-state index in [0.29, 0.717) is 12.8 Å². The van der Waals surface area contributed by atoms with E-state index in [1.54, 1.807) is 12.1 Å². The molecule has 0 heterocycles. The average Bonchev–Trinajstić information content (AvgIpc) is 2.67. The Labute approximate surface area is 175 Å². The quantitative estimate of drug-likeness (QED) is 0.509. The van der Waals surface area contributed by atoms with Crippen LogP contribution < -0.4 is 22.9 Å². The summed E-state index contributed by atoms with van der Waals surface area (Å²) in [6, 6.07) is 13.6. The topological polar surface area (TPSA) is 157 Å². The number of ether oxygens (including phenoxy) is 2. The van der Waals surface area contributed by atoms with Gasteiger partial charge in [0, 0.05) is 12.1 Å². The van der Waals surface area contributed by atoms with Crippen molar-refractivity contribution in [2.75, 3.05) is 13.2 Å². The third-order valence-electron chi connectivity index (χ3n) is 3.88. The molecule has 0 aliphatic heterocycles. The van der Waals surface area contributed by atoms with Gasteiger partial charge in [0.15, 0.2) is 0 Å². The highest BCUT2D eigenvalue weighted by Gasteiger charge is 2.07. The molecule has 0 fully saturated rings. The lowest BCUT2D eigenvalue weighted by atomic mass is 10.1. The molecule has 2 atom stereocenters. The van der Waals surface area contributed by atoms with E-state index < -0.39 is 12.2 Å². The number of halogens is 1. The molecule has 2 unspecified atom stereocenters. The Hall–Kier alpha value is -3.17. The summed E-state index contributed by atoms with van der Waals surface area (Å²) in [6.45, 7) is 2.22. The first-order valence-corrected chi connectivity index (χ1v) is 9.31. The van der Waals surface area contributed by atoms with Gasteiger partial charge in [0.25, 0.3) is 0 Å². The zero-order valence-electron chi connectivity index (χ0n) is 16.9. The number of benzene rings is 2. The SMILES string of the molecule is Cc1ccc(CC(N)COC(N)=O)cc1.NC(=O)OCC(N)Cc1cccc(F)c1. The van der Waals surface area contributed by atoms with E-state index in [-0.39, 0.29) is 31.1 Å². The number of aryl methyl sites for hydroxylation is 1. The van der Waals surface area contributed by atoms with Crippen molar-refractivity contribution >= 4 is 12.2 Å². The molecule has 0 radical (unpaired) electrons. The number of amides is 2. The standard InChI is InChI=1S/C11H16N2O2.C10H13FN2O2/c1-8-2-4-9(5-3-8)6-10(12)7-15-11(13)14;11-8-3-1-2-7(4-8)5-9(12)6-15-10(13)14/h2-5,10H,6-7,12H2,1H3,(H2,13,14);1-4,9H,5-6,12H2,(H2,13,14). The molecule has 2 rings (SSSR count). The molecule has 30 heavy (non-hydrogen) atoms. The average molecular weight is 420 g/mol. The van der Waals surface area contributed by atoms with Gasteiger partial charge in [0.1, 0.15) is 19.0 Å². The molecule has 0 aliphatic carbocycles. The minimum atomic E-state index is -0.857.